The normalized spacial score (nSPS) is 10.1. The van der Waals surface area contributed by atoms with E-state index in [1.165, 1.54) is 0 Å². The van der Waals surface area contributed by atoms with Gasteiger partial charge >= 0.3 is 17.9 Å². The van der Waals surface area contributed by atoms with Crippen LogP contribution in [0, 0.1) is 0 Å². The van der Waals surface area contributed by atoms with Crippen LogP contribution in [0.2, 0.25) is 0 Å². The minimum Gasteiger partial charge on any atom is -0.497 e. The summed E-state index contributed by atoms with van der Waals surface area (Å²) in [6, 6.07) is 23.1. The van der Waals surface area contributed by atoms with Gasteiger partial charge in [0.05, 0.1) is 26.9 Å². The molecule has 0 fully saturated rings. The van der Waals surface area contributed by atoms with E-state index >= 15 is 0 Å². The van der Waals surface area contributed by atoms with Gasteiger partial charge in [-0.1, -0.05) is 54.6 Å². The van der Waals surface area contributed by atoms with Gasteiger partial charge in [-0.25, -0.2) is 14.4 Å². The van der Waals surface area contributed by atoms with Gasteiger partial charge in [0, 0.05) is 0 Å². The first-order valence-electron chi connectivity index (χ1n) is 10.9. The zero-order valence-corrected chi connectivity index (χ0v) is 19.8. The number of ether oxygens (including phenoxy) is 4. The van der Waals surface area contributed by atoms with Crippen LogP contribution >= 0.6 is 0 Å². The number of hydrogen-bond acceptors (Lipinski definition) is 7. The van der Waals surface area contributed by atoms with Gasteiger partial charge < -0.3 is 18.9 Å². The molecule has 180 valence electrons. The molecule has 3 aromatic carbocycles. The molecule has 35 heavy (non-hydrogen) atoms. The largest absolute Gasteiger partial charge is 0.497 e. The maximum atomic E-state index is 13.4. The first-order chi connectivity index (χ1) is 17.0. The van der Waals surface area contributed by atoms with Gasteiger partial charge in [-0.05, 0) is 53.8 Å². The molecule has 0 aromatic heterocycles. The van der Waals surface area contributed by atoms with Crippen molar-refractivity contribution in [1.82, 2.24) is 0 Å². The van der Waals surface area contributed by atoms with E-state index in [4.69, 9.17) is 18.9 Å². The molecule has 3 aromatic rings. The van der Waals surface area contributed by atoms with Gasteiger partial charge in [-0.2, -0.15) is 0 Å². The highest BCUT2D eigenvalue weighted by Gasteiger charge is 2.32. The van der Waals surface area contributed by atoms with E-state index in [9.17, 15) is 14.4 Å². The number of para-hydroxylation sites is 1. The van der Waals surface area contributed by atoms with Crippen molar-refractivity contribution in [2.75, 3.05) is 21.3 Å². The highest BCUT2D eigenvalue weighted by atomic mass is 16.5. The predicted molar refractivity (Wildman–Crippen MR) is 130 cm³/mol. The van der Waals surface area contributed by atoms with E-state index in [0.717, 1.165) is 31.1 Å². The van der Waals surface area contributed by atoms with E-state index in [-0.39, 0.29) is 11.3 Å². The van der Waals surface area contributed by atoms with Crippen LogP contribution in [0.25, 0.3) is 5.57 Å². The second-order valence-electron chi connectivity index (χ2n) is 7.44. The minimum atomic E-state index is -0.998. The number of carbonyl (C=O) groups is 3. The van der Waals surface area contributed by atoms with Crippen molar-refractivity contribution in [1.29, 1.82) is 0 Å². The van der Waals surface area contributed by atoms with E-state index in [0.29, 0.717) is 18.4 Å². The molecule has 3 rings (SSSR count). The third kappa shape index (κ3) is 6.35. The quantitative estimate of drug-likeness (QED) is 0.151. The molecule has 0 bridgehead atoms. The summed E-state index contributed by atoms with van der Waals surface area (Å²) in [5, 5.41) is 0. The standard InChI is InChI=1S/C28H26O7/c1-32-21-17-14-19(15-18-21)13-16-20-9-7-8-12-23(20)24(25(26(29)33-2)27(30)34-3)28(31)35-22-10-5-4-6-11-22/h4-12,14-15,17-18H,13,16H2,1-3H3. The van der Waals surface area contributed by atoms with Gasteiger partial charge in [0.1, 0.15) is 11.5 Å². The SMILES string of the molecule is COC(=O)C(C(=O)OC)=C(C(=O)Oc1ccccc1)c1ccccc1CCc1ccc(OC)cc1. The van der Waals surface area contributed by atoms with Crippen molar-refractivity contribution in [3.63, 3.8) is 0 Å². The third-order valence-corrected chi connectivity index (χ3v) is 5.32. The van der Waals surface area contributed by atoms with E-state index in [2.05, 4.69) is 0 Å². The van der Waals surface area contributed by atoms with Crippen LogP contribution in [0.4, 0.5) is 0 Å². The Bertz CT molecular complexity index is 1190. The molecule has 0 saturated carbocycles. The summed E-state index contributed by atoms with van der Waals surface area (Å²) in [5.74, 6) is -1.86. The summed E-state index contributed by atoms with van der Waals surface area (Å²) in [6.45, 7) is 0. The van der Waals surface area contributed by atoms with Gasteiger partial charge in [-0.3, -0.25) is 0 Å². The molecule has 0 aliphatic carbocycles. The average Bonchev–Trinajstić information content (AvgIpc) is 2.90. The molecule has 0 aliphatic rings. The smallest absolute Gasteiger partial charge is 0.346 e. The number of carbonyl (C=O) groups excluding carboxylic acids is 3. The molecule has 0 radical (unpaired) electrons. The van der Waals surface area contributed by atoms with Crippen LogP contribution < -0.4 is 9.47 Å². The Kier molecular flexibility index (Phi) is 8.78. The molecule has 7 nitrogen and oxygen atoms in total. The summed E-state index contributed by atoms with van der Waals surface area (Å²) in [6.07, 6.45) is 1.17. The summed E-state index contributed by atoms with van der Waals surface area (Å²) >= 11 is 0. The molecule has 0 unspecified atom stereocenters. The fraction of sp³-hybridized carbons (Fsp3) is 0.179. The third-order valence-electron chi connectivity index (χ3n) is 5.32. The Morgan fingerprint density at radius 1 is 0.629 bits per heavy atom. The Morgan fingerprint density at radius 2 is 1.23 bits per heavy atom. The van der Waals surface area contributed by atoms with Crippen molar-refractivity contribution in [2.24, 2.45) is 0 Å². The van der Waals surface area contributed by atoms with Crippen molar-refractivity contribution < 1.29 is 33.3 Å². The first-order valence-corrected chi connectivity index (χ1v) is 10.9. The Labute approximate surface area is 203 Å². The fourth-order valence-corrected chi connectivity index (χ4v) is 3.54. The molecule has 0 atom stereocenters. The van der Waals surface area contributed by atoms with Gasteiger partial charge in [0.25, 0.3) is 0 Å². The number of methoxy groups -OCH3 is 3. The van der Waals surface area contributed by atoms with E-state index < -0.39 is 23.5 Å². The second kappa shape index (κ2) is 12.2. The Hall–Kier alpha value is -4.39. The molecular weight excluding hydrogens is 448 g/mol. The number of hydrogen-bond donors (Lipinski definition) is 0. The lowest BCUT2D eigenvalue weighted by molar-refractivity contribution is -0.144. The Morgan fingerprint density at radius 3 is 1.83 bits per heavy atom. The monoisotopic (exact) mass is 474 g/mol. The molecular formula is C28H26O7. The van der Waals surface area contributed by atoms with Crippen LogP contribution in [0.1, 0.15) is 16.7 Å². The van der Waals surface area contributed by atoms with Gasteiger partial charge in [-0.15, -0.1) is 0 Å². The summed E-state index contributed by atoms with van der Waals surface area (Å²) in [7, 11) is 3.86. The summed E-state index contributed by atoms with van der Waals surface area (Å²) in [5.41, 5.74) is 1.42. The van der Waals surface area contributed by atoms with Crippen molar-refractivity contribution in [2.45, 2.75) is 12.8 Å². The van der Waals surface area contributed by atoms with Crippen LogP contribution in [-0.4, -0.2) is 39.2 Å². The average molecular weight is 475 g/mol. The fourth-order valence-electron chi connectivity index (χ4n) is 3.54. The number of benzene rings is 3. The zero-order chi connectivity index (χ0) is 25.2. The highest BCUT2D eigenvalue weighted by molar-refractivity contribution is 6.32. The van der Waals surface area contributed by atoms with Crippen LogP contribution in [0.15, 0.2) is 84.4 Å². The van der Waals surface area contributed by atoms with Crippen molar-refractivity contribution >= 4 is 23.5 Å². The maximum Gasteiger partial charge on any atom is 0.346 e. The first kappa shape index (κ1) is 25.2. The minimum absolute atomic E-state index is 0.224. The molecule has 7 heteroatoms. The molecule has 0 aliphatic heterocycles. The Balaban J connectivity index is 2.07. The lowest BCUT2D eigenvalue weighted by atomic mass is 9.92. The van der Waals surface area contributed by atoms with Gasteiger partial charge in [0.15, 0.2) is 5.57 Å². The molecule has 0 heterocycles. The highest BCUT2D eigenvalue weighted by Crippen LogP contribution is 2.28. The number of esters is 3. The molecule has 0 N–H and O–H groups in total. The lowest BCUT2D eigenvalue weighted by Crippen LogP contribution is -2.23. The molecule has 0 saturated heterocycles. The maximum absolute atomic E-state index is 13.4. The summed E-state index contributed by atoms with van der Waals surface area (Å²) < 4.78 is 20.3. The lowest BCUT2D eigenvalue weighted by Gasteiger charge is -2.16. The van der Waals surface area contributed by atoms with E-state index in [1.54, 1.807) is 49.6 Å². The summed E-state index contributed by atoms with van der Waals surface area (Å²) in [4.78, 5) is 38.7. The topological polar surface area (TPSA) is 88.1 Å². The second-order valence-corrected chi connectivity index (χ2v) is 7.44. The van der Waals surface area contributed by atoms with Crippen LogP contribution in [-0.2, 0) is 36.7 Å². The number of rotatable bonds is 9. The molecule has 0 spiro atoms. The zero-order valence-electron chi connectivity index (χ0n) is 19.8. The number of aryl methyl sites for hydroxylation is 2. The van der Waals surface area contributed by atoms with E-state index in [1.807, 2.05) is 36.4 Å². The van der Waals surface area contributed by atoms with Gasteiger partial charge in [0.2, 0.25) is 0 Å². The van der Waals surface area contributed by atoms with Crippen LogP contribution in [0.5, 0.6) is 11.5 Å². The van der Waals surface area contributed by atoms with Crippen LogP contribution in [0.3, 0.4) is 0 Å². The predicted octanol–water partition coefficient (Wildman–Crippen LogP) is 4.19. The van der Waals surface area contributed by atoms with Crippen molar-refractivity contribution in [3.8, 4) is 11.5 Å². The van der Waals surface area contributed by atoms with Crippen molar-refractivity contribution in [3.05, 3.63) is 101 Å². The molecule has 0 amide bonds.